The van der Waals surface area contributed by atoms with E-state index in [1.807, 2.05) is 19.9 Å². The van der Waals surface area contributed by atoms with Crippen LogP contribution in [0.3, 0.4) is 0 Å². The Morgan fingerprint density at radius 1 is 1.16 bits per heavy atom. The lowest BCUT2D eigenvalue weighted by Crippen LogP contribution is -2.02. The van der Waals surface area contributed by atoms with E-state index in [1.54, 1.807) is 25.3 Å². The SMILES string of the molecule is COc1cc(C)nc(COc2cc(C)ccc2F)c1. The molecule has 3 nitrogen and oxygen atoms in total. The maximum Gasteiger partial charge on any atom is 0.165 e. The Hall–Kier alpha value is -2.10. The molecule has 0 aliphatic rings. The normalized spacial score (nSPS) is 10.3. The van der Waals surface area contributed by atoms with Gasteiger partial charge in [0.2, 0.25) is 0 Å². The fourth-order valence-corrected chi connectivity index (χ4v) is 1.77. The third-order valence-corrected chi connectivity index (χ3v) is 2.68. The fraction of sp³-hybridized carbons (Fsp3) is 0.267. The molecule has 0 N–H and O–H groups in total. The summed E-state index contributed by atoms with van der Waals surface area (Å²) in [5.74, 6) is 0.586. The highest BCUT2D eigenvalue weighted by Gasteiger charge is 2.06. The van der Waals surface area contributed by atoms with Crippen LogP contribution in [-0.4, -0.2) is 12.1 Å². The summed E-state index contributed by atoms with van der Waals surface area (Å²) in [6.07, 6.45) is 0. The van der Waals surface area contributed by atoms with E-state index in [-0.39, 0.29) is 18.2 Å². The van der Waals surface area contributed by atoms with Crippen LogP contribution >= 0.6 is 0 Å². The molecule has 0 aliphatic heterocycles. The van der Waals surface area contributed by atoms with Crippen molar-refractivity contribution in [3.63, 3.8) is 0 Å². The number of aryl methyl sites for hydroxylation is 2. The van der Waals surface area contributed by atoms with E-state index in [1.165, 1.54) is 6.07 Å². The third-order valence-electron chi connectivity index (χ3n) is 2.68. The number of methoxy groups -OCH3 is 1. The molecule has 0 unspecified atom stereocenters. The van der Waals surface area contributed by atoms with Gasteiger partial charge in [-0.3, -0.25) is 4.98 Å². The third kappa shape index (κ3) is 3.44. The van der Waals surface area contributed by atoms with Gasteiger partial charge in [0, 0.05) is 17.8 Å². The van der Waals surface area contributed by atoms with Gasteiger partial charge in [0.1, 0.15) is 12.4 Å². The van der Waals surface area contributed by atoms with Crippen molar-refractivity contribution < 1.29 is 13.9 Å². The minimum Gasteiger partial charge on any atom is -0.497 e. The van der Waals surface area contributed by atoms with E-state index in [9.17, 15) is 4.39 Å². The smallest absolute Gasteiger partial charge is 0.165 e. The second kappa shape index (κ2) is 5.69. The summed E-state index contributed by atoms with van der Waals surface area (Å²) >= 11 is 0. The highest BCUT2D eigenvalue weighted by atomic mass is 19.1. The number of nitrogens with zero attached hydrogens (tertiary/aromatic N) is 1. The predicted molar refractivity (Wildman–Crippen MR) is 71.0 cm³/mol. The minimum absolute atomic E-state index is 0.207. The molecule has 0 atom stereocenters. The summed E-state index contributed by atoms with van der Waals surface area (Å²) < 4.78 is 24.2. The van der Waals surface area contributed by atoms with Gasteiger partial charge in [-0.2, -0.15) is 0 Å². The summed E-state index contributed by atoms with van der Waals surface area (Å²) in [5.41, 5.74) is 2.49. The summed E-state index contributed by atoms with van der Waals surface area (Å²) in [6.45, 7) is 3.97. The van der Waals surface area contributed by atoms with Crippen molar-refractivity contribution in [1.29, 1.82) is 0 Å². The molecule has 1 heterocycles. The molecule has 0 amide bonds. The van der Waals surface area contributed by atoms with Crippen LogP contribution < -0.4 is 9.47 Å². The zero-order valence-electron chi connectivity index (χ0n) is 11.2. The Morgan fingerprint density at radius 2 is 1.95 bits per heavy atom. The predicted octanol–water partition coefficient (Wildman–Crippen LogP) is 3.43. The number of hydrogen-bond acceptors (Lipinski definition) is 3. The van der Waals surface area contributed by atoms with Crippen molar-refractivity contribution in [2.24, 2.45) is 0 Å². The summed E-state index contributed by atoms with van der Waals surface area (Å²) in [7, 11) is 1.60. The van der Waals surface area contributed by atoms with E-state index >= 15 is 0 Å². The quantitative estimate of drug-likeness (QED) is 0.845. The first-order chi connectivity index (χ1) is 9.08. The monoisotopic (exact) mass is 261 g/mol. The molecule has 0 aliphatic carbocycles. The molecule has 19 heavy (non-hydrogen) atoms. The zero-order chi connectivity index (χ0) is 13.8. The van der Waals surface area contributed by atoms with E-state index in [0.29, 0.717) is 5.69 Å². The zero-order valence-corrected chi connectivity index (χ0v) is 11.2. The molecule has 4 heteroatoms. The van der Waals surface area contributed by atoms with E-state index in [4.69, 9.17) is 9.47 Å². The molecule has 0 radical (unpaired) electrons. The van der Waals surface area contributed by atoms with Crippen molar-refractivity contribution in [1.82, 2.24) is 4.98 Å². The van der Waals surface area contributed by atoms with Crippen molar-refractivity contribution >= 4 is 0 Å². The first-order valence-electron chi connectivity index (χ1n) is 5.99. The molecular formula is C15H16FNO2. The molecule has 0 saturated carbocycles. The van der Waals surface area contributed by atoms with Crippen LogP contribution in [0.5, 0.6) is 11.5 Å². The van der Waals surface area contributed by atoms with E-state index in [2.05, 4.69) is 4.98 Å². The van der Waals surface area contributed by atoms with Crippen LogP contribution in [-0.2, 0) is 6.61 Å². The maximum absolute atomic E-state index is 13.5. The van der Waals surface area contributed by atoms with Crippen LogP contribution in [0.1, 0.15) is 17.0 Å². The topological polar surface area (TPSA) is 31.4 Å². The number of benzene rings is 1. The molecule has 2 rings (SSSR count). The molecule has 0 spiro atoms. The molecule has 0 saturated heterocycles. The highest BCUT2D eigenvalue weighted by molar-refractivity contribution is 5.30. The number of ether oxygens (including phenoxy) is 2. The Balaban J connectivity index is 2.14. The molecule has 0 bridgehead atoms. The van der Waals surface area contributed by atoms with Gasteiger partial charge in [-0.25, -0.2) is 4.39 Å². The number of halogens is 1. The van der Waals surface area contributed by atoms with Gasteiger partial charge in [-0.1, -0.05) is 6.07 Å². The first-order valence-corrected chi connectivity index (χ1v) is 5.99. The van der Waals surface area contributed by atoms with Crippen molar-refractivity contribution in [3.8, 4) is 11.5 Å². The summed E-state index contributed by atoms with van der Waals surface area (Å²) in [5, 5.41) is 0. The molecule has 100 valence electrons. The molecule has 2 aromatic rings. The van der Waals surface area contributed by atoms with Gasteiger partial charge in [-0.05, 0) is 31.5 Å². The lowest BCUT2D eigenvalue weighted by molar-refractivity contribution is 0.284. The molecular weight excluding hydrogens is 245 g/mol. The first kappa shape index (κ1) is 13.3. The number of aromatic nitrogens is 1. The van der Waals surface area contributed by atoms with Gasteiger partial charge >= 0.3 is 0 Å². The number of hydrogen-bond donors (Lipinski definition) is 0. The van der Waals surface area contributed by atoms with Crippen LogP contribution in [0.2, 0.25) is 0 Å². The lowest BCUT2D eigenvalue weighted by Gasteiger charge is -2.09. The standard InChI is InChI=1S/C15H16FNO2/c1-10-4-5-14(16)15(6-10)19-9-12-8-13(18-3)7-11(2)17-12/h4-8H,9H2,1-3H3. The van der Waals surface area contributed by atoms with Crippen molar-refractivity contribution in [2.75, 3.05) is 7.11 Å². The Kier molecular flexibility index (Phi) is 4.00. The number of rotatable bonds is 4. The van der Waals surface area contributed by atoms with E-state index in [0.717, 1.165) is 17.0 Å². The largest absolute Gasteiger partial charge is 0.497 e. The second-order valence-corrected chi connectivity index (χ2v) is 4.36. The van der Waals surface area contributed by atoms with Crippen LogP contribution in [0, 0.1) is 19.7 Å². The van der Waals surface area contributed by atoms with Crippen LogP contribution in [0.4, 0.5) is 4.39 Å². The van der Waals surface area contributed by atoms with Crippen LogP contribution in [0.15, 0.2) is 30.3 Å². The van der Waals surface area contributed by atoms with Gasteiger partial charge in [0.15, 0.2) is 11.6 Å². The summed E-state index contributed by atoms with van der Waals surface area (Å²) in [6, 6.07) is 8.38. The Morgan fingerprint density at radius 3 is 2.68 bits per heavy atom. The average Bonchev–Trinajstić information content (AvgIpc) is 2.39. The fourth-order valence-electron chi connectivity index (χ4n) is 1.77. The lowest BCUT2D eigenvalue weighted by atomic mass is 10.2. The van der Waals surface area contributed by atoms with Crippen LogP contribution in [0.25, 0.3) is 0 Å². The minimum atomic E-state index is -0.370. The molecule has 1 aromatic carbocycles. The van der Waals surface area contributed by atoms with E-state index < -0.39 is 0 Å². The van der Waals surface area contributed by atoms with Gasteiger partial charge in [-0.15, -0.1) is 0 Å². The average molecular weight is 261 g/mol. The molecule has 0 fully saturated rings. The van der Waals surface area contributed by atoms with Gasteiger partial charge < -0.3 is 9.47 Å². The Labute approximate surface area is 112 Å². The second-order valence-electron chi connectivity index (χ2n) is 4.36. The van der Waals surface area contributed by atoms with Crippen molar-refractivity contribution in [2.45, 2.75) is 20.5 Å². The Bertz CT molecular complexity index is 584. The van der Waals surface area contributed by atoms with Gasteiger partial charge in [0.25, 0.3) is 0 Å². The highest BCUT2D eigenvalue weighted by Crippen LogP contribution is 2.20. The van der Waals surface area contributed by atoms with Gasteiger partial charge in [0.05, 0.1) is 12.8 Å². The van der Waals surface area contributed by atoms with Crippen molar-refractivity contribution in [3.05, 3.63) is 53.1 Å². The summed E-state index contributed by atoms with van der Waals surface area (Å²) in [4.78, 5) is 4.32. The molecule has 1 aromatic heterocycles. The maximum atomic E-state index is 13.5. The number of pyridine rings is 1.